The summed E-state index contributed by atoms with van der Waals surface area (Å²) in [5.41, 5.74) is 1.41. The second kappa shape index (κ2) is 10.8. The van der Waals surface area contributed by atoms with Crippen molar-refractivity contribution in [2.45, 2.75) is 32.1 Å². The Kier molecular flexibility index (Phi) is 7.86. The van der Waals surface area contributed by atoms with Crippen molar-refractivity contribution in [1.82, 2.24) is 15.1 Å². The monoisotopic (exact) mass is 430 g/mol. The van der Waals surface area contributed by atoms with E-state index in [-0.39, 0.29) is 36.7 Å². The van der Waals surface area contributed by atoms with Gasteiger partial charge < -0.3 is 25.2 Å². The first-order valence-electron chi connectivity index (χ1n) is 10.7. The first-order chi connectivity index (χ1) is 15.0. The zero-order valence-corrected chi connectivity index (χ0v) is 17.9. The summed E-state index contributed by atoms with van der Waals surface area (Å²) in [7, 11) is 1.26. The summed E-state index contributed by atoms with van der Waals surface area (Å²) in [5.74, 6) is -1.12. The van der Waals surface area contributed by atoms with Gasteiger partial charge >= 0.3 is 12.0 Å². The zero-order chi connectivity index (χ0) is 22.2. The van der Waals surface area contributed by atoms with Gasteiger partial charge in [-0.3, -0.25) is 14.4 Å². The van der Waals surface area contributed by atoms with Crippen molar-refractivity contribution in [3.63, 3.8) is 0 Å². The predicted octanol–water partition coefficient (Wildman–Crippen LogP) is 1.38. The molecule has 0 spiro atoms. The fourth-order valence-corrected chi connectivity index (χ4v) is 3.91. The molecule has 3 rings (SSSR count). The molecule has 0 saturated carbocycles. The number of carbonyl (C=O) groups is 4. The molecule has 2 saturated heterocycles. The maximum Gasteiger partial charge on any atom is 0.325 e. The molecule has 9 heteroatoms. The lowest BCUT2D eigenvalue weighted by atomic mass is 9.97. The van der Waals surface area contributed by atoms with Gasteiger partial charge in [-0.2, -0.15) is 0 Å². The van der Waals surface area contributed by atoms with Crippen molar-refractivity contribution in [3.8, 4) is 0 Å². The third-order valence-electron chi connectivity index (χ3n) is 5.68. The number of amides is 4. The van der Waals surface area contributed by atoms with Crippen molar-refractivity contribution in [2.75, 3.05) is 45.2 Å². The van der Waals surface area contributed by atoms with Crippen LogP contribution in [0.5, 0.6) is 0 Å². The molecular formula is C22H30N4O5. The molecule has 168 valence electrons. The van der Waals surface area contributed by atoms with E-state index in [2.05, 4.69) is 15.4 Å². The Bertz CT molecular complexity index is 805. The molecule has 1 aromatic rings. The second-order valence-electron chi connectivity index (χ2n) is 7.98. The Morgan fingerprint density at radius 2 is 1.68 bits per heavy atom. The Balaban J connectivity index is 1.48. The number of rotatable bonds is 6. The van der Waals surface area contributed by atoms with E-state index in [4.69, 9.17) is 0 Å². The van der Waals surface area contributed by atoms with Crippen LogP contribution in [0.2, 0.25) is 0 Å². The quantitative estimate of drug-likeness (QED) is 0.663. The van der Waals surface area contributed by atoms with Gasteiger partial charge in [-0.05, 0) is 43.4 Å². The van der Waals surface area contributed by atoms with Crippen molar-refractivity contribution < 1.29 is 23.9 Å². The first kappa shape index (κ1) is 22.6. The standard InChI is InChI=1S/C22H30N4O5/c1-31-20(28)14-23-19(27)13-16-6-8-18(9-7-16)24-21(29)17-5-4-12-26(15-17)22(30)25-10-2-3-11-25/h6-9,17H,2-5,10-15H2,1H3,(H,23,27)(H,24,29)/t17-/m1/s1. The number of methoxy groups -OCH3 is 1. The maximum atomic E-state index is 12.7. The van der Waals surface area contributed by atoms with Crippen molar-refractivity contribution in [3.05, 3.63) is 29.8 Å². The highest BCUT2D eigenvalue weighted by Gasteiger charge is 2.31. The smallest absolute Gasteiger partial charge is 0.325 e. The molecule has 2 aliphatic heterocycles. The molecule has 2 N–H and O–H groups in total. The van der Waals surface area contributed by atoms with Gasteiger partial charge in [-0.25, -0.2) is 4.79 Å². The Morgan fingerprint density at radius 3 is 2.35 bits per heavy atom. The van der Waals surface area contributed by atoms with Crippen LogP contribution in [0, 0.1) is 5.92 Å². The molecule has 9 nitrogen and oxygen atoms in total. The predicted molar refractivity (Wildman–Crippen MR) is 114 cm³/mol. The molecule has 0 aliphatic carbocycles. The molecule has 31 heavy (non-hydrogen) atoms. The van der Waals surface area contributed by atoms with E-state index < -0.39 is 5.97 Å². The number of nitrogens with one attached hydrogen (secondary N) is 2. The minimum atomic E-state index is -0.505. The molecule has 1 atom stereocenters. The van der Waals surface area contributed by atoms with Crippen LogP contribution in [-0.4, -0.2) is 73.4 Å². The summed E-state index contributed by atoms with van der Waals surface area (Å²) >= 11 is 0. The van der Waals surface area contributed by atoms with Crippen LogP contribution in [0.15, 0.2) is 24.3 Å². The van der Waals surface area contributed by atoms with E-state index in [0.29, 0.717) is 18.8 Å². The molecule has 4 amide bonds. The minimum Gasteiger partial charge on any atom is -0.468 e. The van der Waals surface area contributed by atoms with Gasteiger partial charge in [-0.1, -0.05) is 12.1 Å². The van der Waals surface area contributed by atoms with E-state index in [0.717, 1.165) is 44.3 Å². The Hall–Kier alpha value is -3.10. The number of carbonyl (C=O) groups excluding carboxylic acids is 4. The highest BCUT2D eigenvalue weighted by atomic mass is 16.5. The van der Waals surface area contributed by atoms with Crippen LogP contribution in [0.4, 0.5) is 10.5 Å². The van der Waals surface area contributed by atoms with E-state index in [1.807, 2.05) is 4.90 Å². The SMILES string of the molecule is COC(=O)CNC(=O)Cc1ccc(NC(=O)[C@@H]2CCCN(C(=O)N3CCCC3)C2)cc1. The molecule has 0 aromatic heterocycles. The number of benzene rings is 1. The average Bonchev–Trinajstić information content (AvgIpc) is 3.33. The fraction of sp³-hybridized carbons (Fsp3) is 0.545. The highest BCUT2D eigenvalue weighted by Crippen LogP contribution is 2.21. The summed E-state index contributed by atoms with van der Waals surface area (Å²) < 4.78 is 4.48. The lowest BCUT2D eigenvalue weighted by Crippen LogP contribution is -2.48. The molecule has 1 aromatic carbocycles. The van der Waals surface area contributed by atoms with Crippen molar-refractivity contribution in [2.24, 2.45) is 5.92 Å². The van der Waals surface area contributed by atoms with Gasteiger partial charge in [0.2, 0.25) is 11.8 Å². The van der Waals surface area contributed by atoms with Crippen molar-refractivity contribution >= 4 is 29.5 Å². The average molecular weight is 431 g/mol. The normalized spacial score (nSPS) is 18.4. The first-order valence-corrected chi connectivity index (χ1v) is 10.7. The number of urea groups is 1. The van der Waals surface area contributed by atoms with E-state index in [1.54, 1.807) is 29.2 Å². The molecule has 0 bridgehead atoms. The summed E-state index contributed by atoms with van der Waals surface area (Å²) in [6.07, 6.45) is 3.80. The summed E-state index contributed by atoms with van der Waals surface area (Å²) in [4.78, 5) is 51.9. The number of likely N-dealkylation sites (tertiary alicyclic amines) is 2. The third-order valence-corrected chi connectivity index (χ3v) is 5.68. The Morgan fingerprint density at radius 1 is 1.00 bits per heavy atom. The van der Waals surface area contributed by atoms with Gasteiger partial charge in [0, 0.05) is 31.9 Å². The van der Waals surface area contributed by atoms with Crippen LogP contribution in [0.3, 0.4) is 0 Å². The Labute approximate surface area is 182 Å². The molecule has 2 heterocycles. The molecule has 0 unspecified atom stereocenters. The molecule has 2 fully saturated rings. The van der Waals surface area contributed by atoms with E-state index >= 15 is 0 Å². The second-order valence-corrected chi connectivity index (χ2v) is 7.98. The maximum absolute atomic E-state index is 12.7. The van der Waals surface area contributed by atoms with Gasteiger partial charge in [0.25, 0.3) is 0 Å². The number of nitrogens with zero attached hydrogens (tertiary/aromatic N) is 2. The van der Waals surface area contributed by atoms with Gasteiger partial charge in [0.15, 0.2) is 0 Å². The summed E-state index contributed by atoms with van der Waals surface area (Å²) in [6.45, 7) is 2.59. The van der Waals surface area contributed by atoms with Crippen LogP contribution >= 0.6 is 0 Å². The molecule has 2 aliphatic rings. The van der Waals surface area contributed by atoms with Gasteiger partial charge in [-0.15, -0.1) is 0 Å². The number of anilines is 1. The van der Waals surface area contributed by atoms with Crippen LogP contribution in [0.25, 0.3) is 0 Å². The van der Waals surface area contributed by atoms with E-state index in [9.17, 15) is 19.2 Å². The number of hydrogen-bond donors (Lipinski definition) is 2. The zero-order valence-electron chi connectivity index (χ0n) is 17.9. The van der Waals surface area contributed by atoms with Crippen LogP contribution < -0.4 is 10.6 Å². The number of hydrogen-bond acceptors (Lipinski definition) is 5. The lowest BCUT2D eigenvalue weighted by Gasteiger charge is -2.34. The van der Waals surface area contributed by atoms with Crippen LogP contribution in [0.1, 0.15) is 31.2 Å². The lowest BCUT2D eigenvalue weighted by molar-refractivity contribution is -0.141. The number of esters is 1. The van der Waals surface area contributed by atoms with Crippen LogP contribution in [-0.2, 0) is 25.5 Å². The number of piperidine rings is 1. The van der Waals surface area contributed by atoms with E-state index in [1.165, 1.54) is 7.11 Å². The fourth-order valence-electron chi connectivity index (χ4n) is 3.91. The highest BCUT2D eigenvalue weighted by molar-refractivity contribution is 5.93. The summed E-state index contributed by atoms with van der Waals surface area (Å²) in [5, 5.41) is 5.40. The topological polar surface area (TPSA) is 108 Å². The summed E-state index contributed by atoms with van der Waals surface area (Å²) in [6, 6.07) is 7.06. The van der Waals surface area contributed by atoms with Gasteiger partial charge in [0.1, 0.15) is 6.54 Å². The number of ether oxygens (including phenoxy) is 1. The third kappa shape index (κ3) is 6.44. The molecular weight excluding hydrogens is 400 g/mol. The largest absolute Gasteiger partial charge is 0.468 e. The molecule has 0 radical (unpaired) electrons. The van der Waals surface area contributed by atoms with Gasteiger partial charge in [0.05, 0.1) is 19.4 Å². The minimum absolute atomic E-state index is 0.0461. The van der Waals surface area contributed by atoms with Crippen molar-refractivity contribution in [1.29, 1.82) is 0 Å².